The summed E-state index contributed by atoms with van der Waals surface area (Å²) >= 11 is 0. The van der Waals surface area contributed by atoms with Gasteiger partial charge in [0.25, 0.3) is 0 Å². The van der Waals surface area contributed by atoms with Crippen molar-refractivity contribution in [3.8, 4) is 0 Å². The minimum absolute atomic E-state index is 0.212. The van der Waals surface area contributed by atoms with Crippen LogP contribution >= 0.6 is 0 Å². The van der Waals surface area contributed by atoms with Gasteiger partial charge in [-0.25, -0.2) is 0 Å². The Balaban J connectivity index is 2.21. The summed E-state index contributed by atoms with van der Waals surface area (Å²) in [4.78, 5) is 11.8. The summed E-state index contributed by atoms with van der Waals surface area (Å²) in [5.41, 5.74) is 5.57. The number of rotatable bonds is 7. The highest BCUT2D eigenvalue weighted by Crippen LogP contribution is 2.28. The first-order valence-electron chi connectivity index (χ1n) is 7.13. The van der Waals surface area contributed by atoms with E-state index in [1.165, 1.54) is 25.7 Å². The molecular weight excluding hydrogens is 212 g/mol. The van der Waals surface area contributed by atoms with Gasteiger partial charge < -0.3 is 11.1 Å². The van der Waals surface area contributed by atoms with Crippen LogP contribution in [0.25, 0.3) is 0 Å². The smallest absolute Gasteiger partial charge is 0.220 e. The molecule has 1 atom stereocenters. The van der Waals surface area contributed by atoms with E-state index in [0.717, 1.165) is 18.8 Å². The van der Waals surface area contributed by atoms with E-state index in [1.807, 2.05) is 0 Å². The first-order valence-corrected chi connectivity index (χ1v) is 7.13. The molecule has 1 aliphatic rings. The van der Waals surface area contributed by atoms with Gasteiger partial charge in [-0.3, -0.25) is 4.79 Å². The average Bonchev–Trinajstić information content (AvgIpc) is 2.78. The summed E-state index contributed by atoms with van der Waals surface area (Å²) in [5, 5.41) is 3.12. The van der Waals surface area contributed by atoms with Crippen LogP contribution in [0.15, 0.2) is 0 Å². The van der Waals surface area contributed by atoms with Crippen LogP contribution in [0.4, 0.5) is 0 Å². The van der Waals surface area contributed by atoms with E-state index < -0.39 is 0 Å². The number of carbonyl (C=O) groups excluding carboxylic acids is 1. The fraction of sp³-hybridized carbons (Fsp3) is 0.929. The number of amides is 1. The molecule has 1 amide bonds. The number of nitrogens with two attached hydrogens (primary N) is 1. The average molecular weight is 240 g/mol. The van der Waals surface area contributed by atoms with Gasteiger partial charge in [0.1, 0.15) is 0 Å². The van der Waals surface area contributed by atoms with Gasteiger partial charge in [0.15, 0.2) is 0 Å². The van der Waals surface area contributed by atoms with Crippen molar-refractivity contribution in [3.63, 3.8) is 0 Å². The minimum atomic E-state index is 0.212. The van der Waals surface area contributed by atoms with Crippen LogP contribution in [0.5, 0.6) is 0 Å². The van der Waals surface area contributed by atoms with E-state index in [2.05, 4.69) is 19.2 Å². The van der Waals surface area contributed by atoms with E-state index in [1.54, 1.807) is 0 Å². The molecule has 0 bridgehead atoms. The van der Waals surface area contributed by atoms with E-state index in [-0.39, 0.29) is 11.9 Å². The molecule has 1 fully saturated rings. The lowest BCUT2D eigenvalue weighted by molar-refractivity contribution is -0.122. The third-order valence-electron chi connectivity index (χ3n) is 3.88. The SMILES string of the molecule is CC(C)C(CCN)NC(=O)CCC1CCCC1. The molecule has 1 aliphatic carbocycles. The van der Waals surface area contributed by atoms with Gasteiger partial charge in [-0.1, -0.05) is 39.5 Å². The topological polar surface area (TPSA) is 55.1 Å². The molecule has 1 unspecified atom stereocenters. The maximum Gasteiger partial charge on any atom is 0.220 e. The molecule has 0 aliphatic heterocycles. The zero-order chi connectivity index (χ0) is 12.7. The quantitative estimate of drug-likeness (QED) is 0.718. The normalized spacial score (nSPS) is 18.6. The van der Waals surface area contributed by atoms with Crippen LogP contribution in [0.2, 0.25) is 0 Å². The van der Waals surface area contributed by atoms with Crippen LogP contribution in [0, 0.1) is 11.8 Å². The first kappa shape index (κ1) is 14.5. The monoisotopic (exact) mass is 240 g/mol. The lowest BCUT2D eigenvalue weighted by Crippen LogP contribution is -2.39. The molecule has 3 N–H and O–H groups in total. The summed E-state index contributed by atoms with van der Waals surface area (Å²) in [6.45, 7) is 4.92. The Bertz CT molecular complexity index is 222. The molecule has 17 heavy (non-hydrogen) atoms. The zero-order valence-corrected chi connectivity index (χ0v) is 11.4. The molecule has 0 aromatic rings. The van der Waals surface area contributed by atoms with Crippen molar-refractivity contribution >= 4 is 5.91 Å². The predicted octanol–water partition coefficient (Wildman–Crippen LogP) is 2.45. The second kappa shape index (κ2) is 7.70. The Morgan fingerprint density at radius 3 is 2.53 bits per heavy atom. The molecule has 1 saturated carbocycles. The van der Waals surface area contributed by atoms with Gasteiger partial charge in [-0.05, 0) is 31.2 Å². The number of hydrogen-bond donors (Lipinski definition) is 2. The highest BCUT2D eigenvalue weighted by Gasteiger charge is 2.18. The largest absolute Gasteiger partial charge is 0.353 e. The third kappa shape index (κ3) is 5.53. The molecular formula is C14H28N2O. The highest BCUT2D eigenvalue weighted by atomic mass is 16.1. The molecule has 100 valence electrons. The van der Waals surface area contributed by atoms with E-state index in [4.69, 9.17) is 5.73 Å². The van der Waals surface area contributed by atoms with Gasteiger partial charge >= 0.3 is 0 Å². The summed E-state index contributed by atoms with van der Waals surface area (Å²) in [7, 11) is 0. The van der Waals surface area contributed by atoms with Crippen molar-refractivity contribution in [1.29, 1.82) is 0 Å². The van der Waals surface area contributed by atoms with Crippen LogP contribution in [0.1, 0.15) is 58.8 Å². The number of hydrogen-bond acceptors (Lipinski definition) is 2. The van der Waals surface area contributed by atoms with Crippen molar-refractivity contribution in [2.24, 2.45) is 17.6 Å². The number of carbonyl (C=O) groups is 1. The van der Waals surface area contributed by atoms with Crippen LogP contribution in [0.3, 0.4) is 0 Å². The zero-order valence-electron chi connectivity index (χ0n) is 11.4. The summed E-state index contributed by atoms with van der Waals surface area (Å²) in [6, 6.07) is 0.246. The van der Waals surface area contributed by atoms with Crippen LogP contribution < -0.4 is 11.1 Å². The lowest BCUT2D eigenvalue weighted by atomic mass is 9.99. The predicted molar refractivity (Wildman–Crippen MR) is 71.6 cm³/mol. The highest BCUT2D eigenvalue weighted by molar-refractivity contribution is 5.76. The maximum absolute atomic E-state index is 11.8. The first-order chi connectivity index (χ1) is 8.13. The van der Waals surface area contributed by atoms with Gasteiger partial charge in [0, 0.05) is 12.5 Å². The van der Waals surface area contributed by atoms with Crippen molar-refractivity contribution in [3.05, 3.63) is 0 Å². The van der Waals surface area contributed by atoms with Crippen LogP contribution in [-0.4, -0.2) is 18.5 Å². The second-order valence-corrected chi connectivity index (χ2v) is 5.68. The van der Waals surface area contributed by atoms with Crippen molar-refractivity contribution < 1.29 is 4.79 Å². The minimum Gasteiger partial charge on any atom is -0.353 e. The molecule has 0 radical (unpaired) electrons. The third-order valence-corrected chi connectivity index (χ3v) is 3.88. The van der Waals surface area contributed by atoms with E-state index in [9.17, 15) is 4.79 Å². The van der Waals surface area contributed by atoms with Crippen molar-refractivity contribution in [2.45, 2.75) is 64.8 Å². The molecule has 0 saturated heterocycles. The second-order valence-electron chi connectivity index (χ2n) is 5.68. The fourth-order valence-electron chi connectivity index (χ4n) is 2.66. The molecule has 0 heterocycles. The lowest BCUT2D eigenvalue weighted by Gasteiger charge is -2.22. The fourth-order valence-corrected chi connectivity index (χ4v) is 2.66. The van der Waals surface area contributed by atoms with E-state index in [0.29, 0.717) is 18.9 Å². The number of nitrogens with one attached hydrogen (secondary N) is 1. The van der Waals surface area contributed by atoms with Gasteiger partial charge in [-0.2, -0.15) is 0 Å². The Kier molecular flexibility index (Phi) is 6.56. The molecule has 0 aromatic heterocycles. The standard InChI is InChI=1S/C14H28N2O/c1-11(2)13(9-10-15)16-14(17)8-7-12-5-3-4-6-12/h11-13H,3-10,15H2,1-2H3,(H,16,17). The maximum atomic E-state index is 11.8. The van der Waals surface area contributed by atoms with Gasteiger partial charge in [0.2, 0.25) is 5.91 Å². The molecule has 3 nitrogen and oxygen atoms in total. The molecule has 3 heteroatoms. The molecule has 0 spiro atoms. The van der Waals surface area contributed by atoms with Crippen molar-refractivity contribution in [2.75, 3.05) is 6.54 Å². The Morgan fingerprint density at radius 2 is 2.00 bits per heavy atom. The van der Waals surface area contributed by atoms with Crippen LogP contribution in [-0.2, 0) is 4.79 Å². The van der Waals surface area contributed by atoms with Gasteiger partial charge in [-0.15, -0.1) is 0 Å². The summed E-state index contributed by atoms with van der Waals surface area (Å²) in [6.07, 6.45) is 8.00. The molecule has 0 aromatic carbocycles. The Morgan fingerprint density at radius 1 is 1.35 bits per heavy atom. The van der Waals surface area contributed by atoms with Crippen molar-refractivity contribution in [1.82, 2.24) is 5.32 Å². The van der Waals surface area contributed by atoms with E-state index >= 15 is 0 Å². The Labute approximate surface area is 106 Å². The summed E-state index contributed by atoms with van der Waals surface area (Å²) in [5.74, 6) is 1.48. The molecule has 1 rings (SSSR count). The Hall–Kier alpha value is -0.570. The van der Waals surface area contributed by atoms with Gasteiger partial charge in [0.05, 0.1) is 0 Å². The summed E-state index contributed by atoms with van der Waals surface area (Å²) < 4.78 is 0.